The molecule has 0 aliphatic rings. The van der Waals surface area contributed by atoms with Crippen LogP contribution in [0.15, 0.2) is 121 Å². The zero-order valence-corrected chi connectivity index (χ0v) is 36.5. The number of amides is 2. The zero-order valence-electron chi connectivity index (χ0n) is 36.5. The van der Waals surface area contributed by atoms with E-state index in [1.165, 1.54) is 51.4 Å². The SMILES string of the molecule is CC(/C=C/CCCCCCCOc1ccc2ccccc2n1)=C\C(=O)NCC(C)C.CC(C)CNC(=O)/C=C/C=C/CCCCCCCOc1ccc2ccccc2n1. The molecule has 0 bridgehead atoms. The molecule has 0 saturated carbocycles. The third-order valence-electron chi connectivity index (χ3n) is 9.28. The molecular formula is C51H70N4O4. The summed E-state index contributed by atoms with van der Waals surface area (Å²) in [6.45, 7) is 13.2. The second-order valence-electron chi connectivity index (χ2n) is 15.9. The molecule has 0 aliphatic carbocycles. The van der Waals surface area contributed by atoms with Crippen molar-refractivity contribution in [3.05, 3.63) is 121 Å². The summed E-state index contributed by atoms with van der Waals surface area (Å²) >= 11 is 0. The van der Waals surface area contributed by atoms with Crippen LogP contribution in [0.2, 0.25) is 0 Å². The topological polar surface area (TPSA) is 102 Å². The molecule has 4 aromatic rings. The van der Waals surface area contributed by atoms with Crippen LogP contribution in [-0.4, -0.2) is 48.1 Å². The predicted molar refractivity (Wildman–Crippen MR) is 247 cm³/mol. The fourth-order valence-corrected chi connectivity index (χ4v) is 5.96. The summed E-state index contributed by atoms with van der Waals surface area (Å²) in [5, 5.41) is 8.04. The molecule has 2 heterocycles. The van der Waals surface area contributed by atoms with Crippen molar-refractivity contribution in [2.75, 3.05) is 26.3 Å². The van der Waals surface area contributed by atoms with Gasteiger partial charge in [-0.05, 0) is 87.1 Å². The molecule has 2 amide bonds. The van der Waals surface area contributed by atoms with Gasteiger partial charge >= 0.3 is 0 Å². The summed E-state index contributed by atoms with van der Waals surface area (Å²) in [5.41, 5.74) is 2.95. The molecule has 2 N–H and O–H groups in total. The van der Waals surface area contributed by atoms with E-state index in [-0.39, 0.29) is 11.8 Å². The van der Waals surface area contributed by atoms with Gasteiger partial charge in [0.05, 0.1) is 24.2 Å². The van der Waals surface area contributed by atoms with Crippen molar-refractivity contribution >= 4 is 33.6 Å². The van der Waals surface area contributed by atoms with Crippen LogP contribution < -0.4 is 20.1 Å². The monoisotopic (exact) mass is 803 g/mol. The van der Waals surface area contributed by atoms with Gasteiger partial charge in [0.15, 0.2) is 0 Å². The normalized spacial score (nSPS) is 11.9. The van der Waals surface area contributed by atoms with E-state index in [9.17, 15) is 9.59 Å². The molecule has 2 aromatic carbocycles. The van der Waals surface area contributed by atoms with Crippen molar-refractivity contribution in [1.82, 2.24) is 20.6 Å². The number of aromatic nitrogens is 2. The van der Waals surface area contributed by atoms with Crippen molar-refractivity contribution < 1.29 is 19.1 Å². The minimum absolute atomic E-state index is 0.00745. The third kappa shape index (κ3) is 23.1. The maximum absolute atomic E-state index is 11.7. The van der Waals surface area contributed by atoms with E-state index < -0.39 is 0 Å². The van der Waals surface area contributed by atoms with Crippen molar-refractivity contribution in [2.45, 2.75) is 112 Å². The molecule has 59 heavy (non-hydrogen) atoms. The number of nitrogens with one attached hydrogen (secondary N) is 2. The Kier molecular flexibility index (Phi) is 24.4. The lowest BCUT2D eigenvalue weighted by atomic mass is 10.1. The van der Waals surface area contributed by atoms with Gasteiger partial charge in [0, 0.05) is 48.1 Å². The highest BCUT2D eigenvalue weighted by molar-refractivity contribution is 5.88. The van der Waals surface area contributed by atoms with Gasteiger partial charge in [-0.15, -0.1) is 0 Å². The first kappa shape index (κ1) is 48.1. The smallest absolute Gasteiger partial charge is 0.244 e. The summed E-state index contributed by atoms with van der Waals surface area (Å²) in [4.78, 5) is 32.3. The maximum atomic E-state index is 11.7. The van der Waals surface area contributed by atoms with Crippen LogP contribution in [0, 0.1) is 11.8 Å². The molecule has 0 fully saturated rings. The van der Waals surface area contributed by atoms with Crippen LogP contribution in [0.4, 0.5) is 0 Å². The average molecular weight is 803 g/mol. The highest BCUT2D eigenvalue weighted by atomic mass is 16.5. The Bertz CT molecular complexity index is 1910. The largest absolute Gasteiger partial charge is 0.478 e. The second-order valence-corrected chi connectivity index (χ2v) is 15.9. The van der Waals surface area contributed by atoms with E-state index in [1.54, 1.807) is 12.2 Å². The number of hydrogen-bond donors (Lipinski definition) is 2. The quantitative estimate of drug-likeness (QED) is 0.0372. The van der Waals surface area contributed by atoms with Crippen molar-refractivity contribution in [1.29, 1.82) is 0 Å². The second kappa shape index (κ2) is 29.9. The minimum Gasteiger partial charge on any atom is -0.478 e. The van der Waals surface area contributed by atoms with E-state index in [0.717, 1.165) is 72.8 Å². The zero-order chi connectivity index (χ0) is 42.3. The number of carbonyl (C=O) groups is 2. The number of nitrogens with zero attached hydrogens (tertiary/aromatic N) is 2. The van der Waals surface area contributed by atoms with Gasteiger partial charge in [0.2, 0.25) is 23.6 Å². The van der Waals surface area contributed by atoms with Gasteiger partial charge in [-0.25, -0.2) is 9.97 Å². The molecule has 0 unspecified atom stereocenters. The number of rotatable bonds is 26. The van der Waals surface area contributed by atoms with E-state index >= 15 is 0 Å². The van der Waals surface area contributed by atoms with Crippen LogP contribution in [0.25, 0.3) is 21.8 Å². The first-order chi connectivity index (χ1) is 28.7. The lowest BCUT2D eigenvalue weighted by molar-refractivity contribution is -0.117. The number of unbranched alkanes of at least 4 members (excludes halogenated alkanes) is 10. The molecule has 2 aromatic heterocycles. The molecule has 0 atom stereocenters. The maximum Gasteiger partial charge on any atom is 0.244 e. The molecule has 318 valence electrons. The molecular weight excluding hydrogens is 733 g/mol. The van der Waals surface area contributed by atoms with Crippen LogP contribution >= 0.6 is 0 Å². The van der Waals surface area contributed by atoms with Crippen molar-refractivity contribution in [2.24, 2.45) is 11.8 Å². The number of hydrogen-bond acceptors (Lipinski definition) is 6. The summed E-state index contributed by atoms with van der Waals surface area (Å²) < 4.78 is 11.6. The van der Waals surface area contributed by atoms with Crippen LogP contribution in [0.1, 0.15) is 112 Å². The Balaban J connectivity index is 0.000000316. The third-order valence-corrected chi connectivity index (χ3v) is 9.28. The first-order valence-electron chi connectivity index (χ1n) is 21.9. The number of ether oxygens (including phenoxy) is 2. The van der Waals surface area contributed by atoms with E-state index in [2.05, 4.69) is 84.7 Å². The average Bonchev–Trinajstić information content (AvgIpc) is 3.23. The standard InChI is InChI=1S/C26H36N2O2.C25H34N2O2/c1-21(2)20-27-25(29)19-22(3)13-9-7-5-4-6-8-12-18-30-26-17-16-23-14-10-11-15-24(23)28-26;1-21(2)20-26-24(28)16-10-8-6-4-3-5-7-9-13-19-29-25-18-17-22-14-11-12-15-23(22)27-25/h9-11,13-17,19,21H,4-8,12,18,20H2,1-3H3,(H,27,29);6,8,10-12,14-18,21H,3-5,7,9,13,19-20H2,1-2H3,(H,26,28)/b13-9+,22-19+;8-6+,16-10+. The Labute approximate surface area is 354 Å². The highest BCUT2D eigenvalue weighted by Crippen LogP contribution is 2.18. The fraction of sp³-hybridized carbons (Fsp3) is 0.451. The van der Waals surface area contributed by atoms with Gasteiger partial charge < -0.3 is 20.1 Å². The lowest BCUT2D eigenvalue weighted by Crippen LogP contribution is -2.25. The molecule has 0 radical (unpaired) electrons. The van der Waals surface area contributed by atoms with Gasteiger partial charge in [0.25, 0.3) is 0 Å². The van der Waals surface area contributed by atoms with Gasteiger partial charge in [0.1, 0.15) is 0 Å². The molecule has 0 spiro atoms. The first-order valence-corrected chi connectivity index (χ1v) is 21.9. The summed E-state index contributed by atoms with van der Waals surface area (Å²) in [7, 11) is 0. The number of pyridine rings is 2. The summed E-state index contributed by atoms with van der Waals surface area (Å²) in [6.07, 6.45) is 27.1. The predicted octanol–water partition coefficient (Wildman–Crippen LogP) is 12.1. The summed E-state index contributed by atoms with van der Waals surface area (Å²) in [6, 6.07) is 24.2. The van der Waals surface area contributed by atoms with Crippen molar-refractivity contribution in [3.8, 4) is 11.8 Å². The number of fused-ring (bicyclic) bond motifs is 2. The highest BCUT2D eigenvalue weighted by Gasteiger charge is 2.02. The Morgan fingerprint density at radius 3 is 1.58 bits per heavy atom. The number of allylic oxidation sites excluding steroid dienone is 6. The van der Waals surface area contributed by atoms with Gasteiger partial charge in [-0.1, -0.05) is 133 Å². The number of benzene rings is 2. The molecule has 8 nitrogen and oxygen atoms in total. The minimum atomic E-state index is -0.0236. The molecule has 0 saturated heterocycles. The molecule has 8 heteroatoms. The van der Waals surface area contributed by atoms with E-state index in [0.29, 0.717) is 30.2 Å². The fourth-order valence-electron chi connectivity index (χ4n) is 5.96. The van der Waals surface area contributed by atoms with Gasteiger partial charge in [-0.2, -0.15) is 0 Å². The molecule has 4 rings (SSSR count). The van der Waals surface area contributed by atoms with Crippen molar-refractivity contribution in [3.63, 3.8) is 0 Å². The van der Waals surface area contributed by atoms with E-state index in [4.69, 9.17) is 9.47 Å². The van der Waals surface area contributed by atoms with E-state index in [1.807, 2.05) is 73.7 Å². The Morgan fingerprint density at radius 2 is 1.03 bits per heavy atom. The lowest BCUT2D eigenvalue weighted by Gasteiger charge is -2.06. The summed E-state index contributed by atoms with van der Waals surface area (Å²) in [5.74, 6) is 2.33. The van der Waals surface area contributed by atoms with Crippen LogP contribution in [-0.2, 0) is 9.59 Å². The van der Waals surface area contributed by atoms with Gasteiger partial charge in [-0.3, -0.25) is 9.59 Å². The number of carbonyl (C=O) groups excluding carboxylic acids is 2. The number of para-hydroxylation sites is 2. The Morgan fingerprint density at radius 1 is 0.559 bits per heavy atom. The van der Waals surface area contributed by atoms with Crippen LogP contribution in [0.3, 0.4) is 0 Å². The molecule has 0 aliphatic heterocycles. The Hall–Kier alpha value is -5.24. The van der Waals surface area contributed by atoms with Crippen LogP contribution in [0.5, 0.6) is 11.8 Å².